The summed E-state index contributed by atoms with van der Waals surface area (Å²) in [6.07, 6.45) is 10.0. The molecule has 1 aliphatic rings. The van der Waals surface area contributed by atoms with E-state index in [1.54, 1.807) is 12.1 Å². The second-order valence-corrected chi connectivity index (χ2v) is 7.26. The first kappa shape index (κ1) is 24.5. The van der Waals surface area contributed by atoms with E-state index < -0.39 is 7.81 Å². The Morgan fingerprint density at radius 3 is 1.21 bits per heavy atom. The van der Waals surface area contributed by atoms with Crippen LogP contribution in [0.25, 0.3) is 21.9 Å². The number of benzene rings is 2. The van der Waals surface area contributed by atoms with Crippen LogP contribution in [0.2, 0.25) is 0 Å². The molecule has 0 saturated heterocycles. The second-order valence-electron chi connectivity index (χ2n) is 5.34. The molecule has 0 atom stereocenters. The van der Waals surface area contributed by atoms with Crippen LogP contribution < -0.4 is 5.43 Å². The van der Waals surface area contributed by atoms with Crippen LogP contribution in [-0.2, 0) is 17.1 Å². The Bertz CT molecular complexity index is 906. The van der Waals surface area contributed by atoms with Gasteiger partial charge >= 0.3 is 50.1 Å². The molecule has 4 rings (SSSR count). The average Bonchev–Trinajstić information content (AvgIpc) is 3.12. The molecule has 151 valence electrons. The van der Waals surface area contributed by atoms with E-state index >= 15 is 0 Å². The molecule has 28 heavy (non-hydrogen) atoms. The van der Waals surface area contributed by atoms with Gasteiger partial charge < -0.3 is 4.42 Å². The van der Waals surface area contributed by atoms with E-state index in [2.05, 4.69) is 0 Å². The molecule has 0 N–H and O–H groups in total. The van der Waals surface area contributed by atoms with Crippen LogP contribution in [0, 0.1) is 32.1 Å². The van der Waals surface area contributed by atoms with Gasteiger partial charge in [-0.15, -0.1) is 0 Å². The van der Waals surface area contributed by atoms with Crippen LogP contribution in [0.1, 0.15) is 0 Å². The van der Waals surface area contributed by atoms with Gasteiger partial charge in [-0.2, -0.15) is 0 Å². The van der Waals surface area contributed by atoms with Crippen LogP contribution in [-0.4, -0.2) is 0 Å². The van der Waals surface area contributed by atoms with Crippen molar-refractivity contribution in [3.8, 4) is 0 Å². The predicted octanol–water partition coefficient (Wildman–Crippen LogP) is 7.35. The molecule has 1 aromatic heterocycles. The number of rotatable bonds is 0. The Balaban J connectivity index is 0.000000254. The first-order chi connectivity index (χ1) is 12.3. The molecule has 0 bridgehead atoms. The Hall–Kier alpha value is -1.56. The van der Waals surface area contributed by atoms with Gasteiger partial charge in [0.25, 0.3) is 0 Å². The van der Waals surface area contributed by atoms with Crippen molar-refractivity contribution >= 4 is 29.7 Å². The normalized spacial score (nSPS) is 15.9. The standard InChI is InChI=1S/C13H8O2.C5H5.F6P.Fe/c14-13-9-5-1-3-7-11(9)15-12-8-4-2-6-10(12)13;1-2-4-5-3-1;1-7(2,3,4,5)6;/h1-8H;1-5H;;/q;;-1;+2. The number of fused-ring (bicyclic) bond motifs is 2. The fourth-order valence-corrected chi connectivity index (χ4v) is 2.07. The fourth-order valence-electron chi connectivity index (χ4n) is 2.07. The van der Waals surface area contributed by atoms with Crippen LogP contribution in [0.4, 0.5) is 25.2 Å². The van der Waals surface area contributed by atoms with Gasteiger partial charge in [-0.05, 0) is 56.4 Å². The first-order valence-electron chi connectivity index (χ1n) is 7.45. The van der Waals surface area contributed by atoms with Gasteiger partial charge in [0.15, 0.2) is 0 Å². The Labute approximate surface area is 167 Å². The van der Waals surface area contributed by atoms with Crippen molar-refractivity contribution in [3.05, 3.63) is 90.9 Å². The second kappa shape index (κ2) is 8.44. The van der Waals surface area contributed by atoms with Crippen LogP contribution in [0.3, 0.4) is 0 Å². The molecule has 0 amide bonds. The quantitative estimate of drug-likeness (QED) is 0.151. The van der Waals surface area contributed by atoms with Gasteiger partial charge in [-0.3, -0.25) is 4.79 Å². The molecule has 2 aromatic carbocycles. The Morgan fingerprint density at radius 1 is 0.607 bits per heavy atom. The minimum atomic E-state index is -10.7. The molecule has 1 heterocycles. The van der Waals surface area contributed by atoms with Gasteiger partial charge in [-0.25, -0.2) is 0 Å². The van der Waals surface area contributed by atoms with E-state index in [9.17, 15) is 30.0 Å². The Kier molecular flexibility index (Phi) is 7.37. The van der Waals surface area contributed by atoms with E-state index in [0.29, 0.717) is 21.9 Å². The summed E-state index contributed by atoms with van der Waals surface area (Å²) in [5.74, 6) is 0. The van der Waals surface area contributed by atoms with Gasteiger partial charge in [-0.1, -0.05) is 24.3 Å². The molecule has 3 aromatic rings. The van der Waals surface area contributed by atoms with Crippen molar-refractivity contribution in [2.45, 2.75) is 0 Å². The van der Waals surface area contributed by atoms with Crippen molar-refractivity contribution in [2.75, 3.05) is 0 Å². The number of hydrogen-bond acceptors (Lipinski definition) is 2. The molecule has 2 nitrogen and oxygen atoms in total. The smallest absolute Gasteiger partial charge is 0.456 e. The van der Waals surface area contributed by atoms with E-state index in [4.69, 9.17) is 4.42 Å². The molecular formula is C18H13F6FeO2P+. The van der Waals surface area contributed by atoms with Crippen molar-refractivity contribution in [1.29, 1.82) is 0 Å². The molecule has 5 radical (unpaired) electrons. The van der Waals surface area contributed by atoms with Gasteiger partial charge in [0.05, 0.1) is 10.8 Å². The van der Waals surface area contributed by atoms with E-state index in [0.717, 1.165) is 0 Å². The monoisotopic (exact) mass is 462 g/mol. The Morgan fingerprint density at radius 2 is 0.893 bits per heavy atom. The average molecular weight is 462 g/mol. The third-order valence-corrected chi connectivity index (χ3v) is 3.04. The maximum Gasteiger partial charge on any atom is 2.00 e. The predicted molar refractivity (Wildman–Crippen MR) is 95.1 cm³/mol. The van der Waals surface area contributed by atoms with E-state index in [1.165, 1.54) is 0 Å². The largest absolute Gasteiger partial charge is 2.00 e. The van der Waals surface area contributed by atoms with Crippen LogP contribution in [0.15, 0.2) is 57.7 Å². The molecule has 0 spiro atoms. The van der Waals surface area contributed by atoms with Crippen LogP contribution in [0.5, 0.6) is 0 Å². The summed E-state index contributed by atoms with van der Waals surface area (Å²) in [4.78, 5) is 12.0. The first-order valence-corrected chi connectivity index (χ1v) is 9.48. The summed E-state index contributed by atoms with van der Waals surface area (Å²) in [5.41, 5.74) is 1.31. The van der Waals surface area contributed by atoms with Crippen molar-refractivity contribution in [3.63, 3.8) is 0 Å². The van der Waals surface area contributed by atoms with Gasteiger partial charge in [0.1, 0.15) is 11.2 Å². The SMILES string of the molecule is F[P-](F)(F)(F)(F)F.O=c1c2ccccc2oc2ccccc12.[CH]1[CH][CH][CH][CH]1.[Fe+2]. The zero-order valence-corrected chi connectivity index (χ0v) is 15.9. The third-order valence-electron chi connectivity index (χ3n) is 3.04. The topological polar surface area (TPSA) is 30.2 Å². The minimum Gasteiger partial charge on any atom is -0.456 e. The zero-order valence-electron chi connectivity index (χ0n) is 13.9. The molecule has 1 aliphatic carbocycles. The fraction of sp³-hybridized carbons (Fsp3) is 0. The molecule has 1 fully saturated rings. The molecule has 0 aliphatic heterocycles. The maximum absolute atomic E-state index is 12.0. The van der Waals surface area contributed by atoms with Crippen molar-refractivity contribution in [1.82, 2.24) is 0 Å². The summed E-state index contributed by atoms with van der Waals surface area (Å²) in [7, 11) is -10.7. The third kappa shape index (κ3) is 9.58. The van der Waals surface area contributed by atoms with Gasteiger partial charge in [0, 0.05) is 0 Å². The van der Waals surface area contributed by atoms with E-state index in [-0.39, 0.29) is 22.5 Å². The van der Waals surface area contributed by atoms with Crippen molar-refractivity contribution in [2.24, 2.45) is 0 Å². The summed E-state index contributed by atoms with van der Waals surface area (Å²) in [5, 5.41) is 1.27. The maximum atomic E-state index is 12.0. The summed E-state index contributed by atoms with van der Waals surface area (Å²) >= 11 is 0. The zero-order chi connectivity index (χ0) is 20.2. The van der Waals surface area contributed by atoms with E-state index in [1.807, 2.05) is 68.5 Å². The number of hydrogen-bond donors (Lipinski definition) is 0. The van der Waals surface area contributed by atoms with Crippen LogP contribution >= 0.6 is 7.81 Å². The minimum absolute atomic E-state index is 0. The number of halogens is 6. The molecular weight excluding hydrogens is 449 g/mol. The summed E-state index contributed by atoms with van der Waals surface area (Å²) in [6.45, 7) is 0. The van der Waals surface area contributed by atoms with Gasteiger partial charge in [0.2, 0.25) is 5.43 Å². The summed E-state index contributed by atoms with van der Waals surface area (Å²) < 4.78 is 64.8. The number of para-hydroxylation sites is 2. The molecule has 1 saturated carbocycles. The van der Waals surface area contributed by atoms with Crippen molar-refractivity contribution < 1.29 is 46.7 Å². The molecule has 0 unspecified atom stereocenters. The summed E-state index contributed by atoms with van der Waals surface area (Å²) in [6, 6.07) is 14.6. The molecule has 10 heteroatoms.